The third-order valence-corrected chi connectivity index (χ3v) is 8.24. The van der Waals surface area contributed by atoms with Gasteiger partial charge in [-0.3, -0.25) is 0 Å². The number of para-hydroxylation sites is 2. The van der Waals surface area contributed by atoms with Gasteiger partial charge >= 0.3 is 0 Å². The van der Waals surface area contributed by atoms with Gasteiger partial charge in [0.25, 0.3) is 0 Å². The molecule has 39 heavy (non-hydrogen) atoms. The standard InChI is InChI=1S/C30H29N9/c1-7-17(3)30(22-10-8-12-25-28(22)35-38-32-25,23-11-9-13-26-29(23)36-39-33-26)24-15-31-37-34-27(24)21-14-16(2)18(4)19(5)20(21)6/h8-15H,3,7H2,1-2,4-6H3,(H,32,35,38)(H,33,36,39). The lowest BCUT2D eigenvalue weighted by Gasteiger charge is -2.38. The number of benzene rings is 3. The molecule has 2 N–H and O–H groups in total. The number of aromatic nitrogens is 9. The van der Waals surface area contributed by atoms with Gasteiger partial charge in [-0.25, -0.2) is 0 Å². The molecule has 0 saturated carbocycles. The van der Waals surface area contributed by atoms with Gasteiger partial charge in [0.15, 0.2) is 0 Å². The average Bonchev–Trinajstić information content (AvgIpc) is 3.65. The second kappa shape index (κ2) is 9.20. The van der Waals surface area contributed by atoms with E-state index >= 15 is 0 Å². The Morgan fingerprint density at radius 2 is 1.41 bits per heavy atom. The van der Waals surface area contributed by atoms with E-state index in [9.17, 15) is 0 Å². The van der Waals surface area contributed by atoms with Gasteiger partial charge < -0.3 is 0 Å². The first-order chi connectivity index (χ1) is 18.9. The number of rotatable bonds is 6. The fraction of sp³-hybridized carbons (Fsp3) is 0.233. The topological polar surface area (TPSA) is 122 Å². The average molecular weight is 516 g/mol. The van der Waals surface area contributed by atoms with Crippen molar-refractivity contribution >= 4 is 22.1 Å². The predicted molar refractivity (Wildman–Crippen MR) is 151 cm³/mol. The van der Waals surface area contributed by atoms with Crippen LogP contribution in [0.25, 0.3) is 33.3 Å². The molecule has 6 aromatic rings. The molecule has 0 unspecified atom stereocenters. The number of nitrogens with zero attached hydrogens (tertiary/aromatic N) is 7. The van der Waals surface area contributed by atoms with Gasteiger partial charge in [-0.15, -0.1) is 10.2 Å². The Hall–Kier alpha value is -4.79. The molecule has 3 aromatic heterocycles. The SMILES string of the molecule is C=C(CC)C(c1cnnnc1-c1cc(C)c(C)c(C)c1C)(c1cccc2n[nH]nc12)c1cccc2n[nH]nc12. The summed E-state index contributed by atoms with van der Waals surface area (Å²) < 4.78 is 0. The molecule has 9 heteroatoms. The molecule has 0 aliphatic heterocycles. The van der Waals surface area contributed by atoms with E-state index < -0.39 is 5.41 Å². The van der Waals surface area contributed by atoms with E-state index in [0.717, 1.165) is 61.2 Å². The number of aromatic amines is 2. The highest BCUT2D eigenvalue weighted by Gasteiger charge is 2.45. The van der Waals surface area contributed by atoms with Gasteiger partial charge in [0.05, 0.1) is 11.6 Å². The predicted octanol–water partition coefficient (Wildman–Crippen LogP) is 5.62. The van der Waals surface area contributed by atoms with E-state index in [2.05, 4.69) is 101 Å². The quantitative estimate of drug-likeness (QED) is 0.276. The van der Waals surface area contributed by atoms with Crippen LogP contribution in [0, 0.1) is 27.7 Å². The van der Waals surface area contributed by atoms with Gasteiger partial charge in [-0.2, -0.15) is 30.8 Å². The van der Waals surface area contributed by atoms with Gasteiger partial charge in [0.2, 0.25) is 0 Å². The minimum Gasteiger partial charge on any atom is -0.197 e. The van der Waals surface area contributed by atoms with Crippen LogP contribution >= 0.6 is 0 Å². The third-order valence-electron chi connectivity index (χ3n) is 8.24. The summed E-state index contributed by atoms with van der Waals surface area (Å²) in [5.74, 6) is 0. The van der Waals surface area contributed by atoms with Crippen LogP contribution in [0.15, 0.2) is 60.8 Å². The first kappa shape index (κ1) is 24.5. The normalized spacial score (nSPS) is 11.9. The van der Waals surface area contributed by atoms with Crippen molar-refractivity contribution < 1.29 is 0 Å². The van der Waals surface area contributed by atoms with Gasteiger partial charge in [0, 0.05) is 22.3 Å². The molecule has 0 aliphatic carbocycles. The van der Waals surface area contributed by atoms with Crippen LogP contribution in [0.5, 0.6) is 0 Å². The van der Waals surface area contributed by atoms with Crippen molar-refractivity contribution in [3.8, 4) is 11.3 Å². The van der Waals surface area contributed by atoms with E-state index in [0.29, 0.717) is 6.42 Å². The number of allylic oxidation sites excluding steroid dienone is 1. The molecular formula is C30H29N9. The lowest BCUT2D eigenvalue weighted by atomic mass is 9.63. The lowest BCUT2D eigenvalue weighted by Crippen LogP contribution is -2.33. The summed E-state index contributed by atoms with van der Waals surface area (Å²) in [6, 6.07) is 14.2. The number of hydrogen-bond donors (Lipinski definition) is 2. The Labute approximate surface area is 225 Å². The van der Waals surface area contributed by atoms with E-state index in [1.54, 1.807) is 0 Å². The van der Waals surface area contributed by atoms with Crippen LogP contribution in [-0.2, 0) is 5.41 Å². The number of aryl methyl sites for hydroxylation is 1. The molecule has 0 aliphatic rings. The summed E-state index contributed by atoms with van der Waals surface area (Å²) in [6.45, 7) is 15.3. The summed E-state index contributed by atoms with van der Waals surface area (Å²) in [4.78, 5) is 0. The molecule has 3 heterocycles. The van der Waals surface area contributed by atoms with Crippen molar-refractivity contribution in [3.63, 3.8) is 0 Å². The highest BCUT2D eigenvalue weighted by atomic mass is 15.3. The summed E-state index contributed by atoms with van der Waals surface area (Å²) in [5.41, 5.74) is 12.2. The van der Waals surface area contributed by atoms with Crippen LogP contribution in [0.4, 0.5) is 0 Å². The van der Waals surface area contributed by atoms with E-state index in [-0.39, 0.29) is 0 Å². The van der Waals surface area contributed by atoms with Crippen molar-refractivity contribution in [1.29, 1.82) is 0 Å². The molecule has 9 nitrogen and oxygen atoms in total. The van der Waals surface area contributed by atoms with Crippen molar-refractivity contribution in [3.05, 3.63) is 99.8 Å². The Morgan fingerprint density at radius 1 is 0.795 bits per heavy atom. The number of H-pyrrole nitrogens is 2. The smallest absolute Gasteiger partial charge is 0.117 e. The first-order valence-electron chi connectivity index (χ1n) is 12.9. The molecule has 3 aromatic carbocycles. The molecular weight excluding hydrogens is 486 g/mol. The van der Waals surface area contributed by atoms with Crippen LogP contribution < -0.4 is 0 Å². The minimum absolute atomic E-state index is 0.676. The Bertz CT molecular complexity index is 1800. The molecule has 0 amide bonds. The second-order valence-electron chi connectivity index (χ2n) is 10.0. The molecule has 194 valence electrons. The maximum atomic E-state index is 4.70. The van der Waals surface area contributed by atoms with Crippen LogP contribution in [0.1, 0.15) is 52.3 Å². The van der Waals surface area contributed by atoms with Gasteiger partial charge in [0.1, 0.15) is 27.8 Å². The van der Waals surface area contributed by atoms with Crippen LogP contribution in [0.3, 0.4) is 0 Å². The summed E-state index contributed by atoms with van der Waals surface area (Å²) in [7, 11) is 0. The highest BCUT2D eigenvalue weighted by molar-refractivity contribution is 5.89. The van der Waals surface area contributed by atoms with Crippen molar-refractivity contribution in [2.24, 2.45) is 0 Å². The Kier molecular flexibility index (Phi) is 5.79. The molecule has 0 bridgehead atoms. The molecule has 0 fully saturated rings. The molecule has 6 rings (SSSR count). The maximum absolute atomic E-state index is 4.70. The lowest BCUT2D eigenvalue weighted by molar-refractivity contribution is 0.685. The van der Waals surface area contributed by atoms with Crippen molar-refractivity contribution in [1.82, 2.24) is 46.2 Å². The fourth-order valence-electron chi connectivity index (χ4n) is 5.81. The molecule has 0 spiro atoms. The maximum Gasteiger partial charge on any atom is 0.117 e. The van der Waals surface area contributed by atoms with Crippen molar-refractivity contribution in [2.45, 2.75) is 46.5 Å². The third kappa shape index (κ3) is 3.49. The summed E-state index contributed by atoms with van der Waals surface area (Å²) in [6.07, 6.45) is 2.49. The number of fused-ring (bicyclic) bond motifs is 2. The molecule has 0 atom stereocenters. The Morgan fingerprint density at radius 3 is 2.00 bits per heavy atom. The zero-order valence-corrected chi connectivity index (χ0v) is 22.7. The second-order valence-corrected chi connectivity index (χ2v) is 10.0. The van der Waals surface area contributed by atoms with E-state index in [1.165, 1.54) is 16.7 Å². The largest absolute Gasteiger partial charge is 0.197 e. The zero-order valence-electron chi connectivity index (χ0n) is 22.7. The van der Waals surface area contributed by atoms with Gasteiger partial charge in [-0.1, -0.05) is 43.3 Å². The number of hydrogen-bond acceptors (Lipinski definition) is 7. The highest BCUT2D eigenvalue weighted by Crippen LogP contribution is 2.51. The molecule has 0 radical (unpaired) electrons. The van der Waals surface area contributed by atoms with Crippen LogP contribution in [-0.4, -0.2) is 46.2 Å². The minimum atomic E-state index is -0.946. The van der Waals surface area contributed by atoms with E-state index in [1.807, 2.05) is 30.5 Å². The summed E-state index contributed by atoms with van der Waals surface area (Å²) >= 11 is 0. The van der Waals surface area contributed by atoms with Crippen molar-refractivity contribution in [2.75, 3.05) is 0 Å². The first-order valence-corrected chi connectivity index (χ1v) is 12.9. The monoisotopic (exact) mass is 515 g/mol. The van der Waals surface area contributed by atoms with Gasteiger partial charge in [-0.05, 0) is 79.8 Å². The van der Waals surface area contributed by atoms with Crippen LogP contribution in [0.2, 0.25) is 0 Å². The zero-order chi connectivity index (χ0) is 27.3. The summed E-state index contributed by atoms with van der Waals surface area (Å²) in [5, 5.41) is 36.8. The molecule has 0 saturated heterocycles. The Balaban J connectivity index is 1.84. The number of nitrogens with one attached hydrogen (secondary N) is 2. The van der Waals surface area contributed by atoms with E-state index in [4.69, 9.17) is 5.10 Å². The fourth-order valence-corrected chi connectivity index (χ4v) is 5.81.